The van der Waals surface area contributed by atoms with Crippen LogP contribution in [0.5, 0.6) is 0 Å². The van der Waals surface area contributed by atoms with E-state index in [4.69, 9.17) is 32.9 Å². The fourth-order valence-corrected chi connectivity index (χ4v) is 5.13. The van der Waals surface area contributed by atoms with E-state index in [9.17, 15) is 18.4 Å². The second kappa shape index (κ2) is 12.1. The van der Waals surface area contributed by atoms with E-state index in [0.717, 1.165) is 18.0 Å². The van der Waals surface area contributed by atoms with Gasteiger partial charge in [-0.3, -0.25) is 9.59 Å². The number of carbonyl (C=O) groups is 2. The summed E-state index contributed by atoms with van der Waals surface area (Å²) in [6, 6.07) is 7.02. The predicted molar refractivity (Wildman–Crippen MR) is 157 cm³/mol. The molecule has 0 bridgehead atoms. The number of nitrogens with zero attached hydrogens (tertiary/aromatic N) is 3. The number of rotatable bonds is 8. The van der Waals surface area contributed by atoms with Crippen molar-refractivity contribution >= 4 is 51.7 Å². The van der Waals surface area contributed by atoms with E-state index in [1.54, 1.807) is 18.2 Å². The van der Waals surface area contributed by atoms with Crippen molar-refractivity contribution in [3.05, 3.63) is 56.8 Å². The normalized spacial score (nSPS) is 14.4. The number of nitrogens with one attached hydrogen (secondary N) is 2. The number of carbonyl (C=O) groups excluding carboxylic acids is 2. The Morgan fingerprint density at radius 3 is 2.39 bits per heavy atom. The van der Waals surface area contributed by atoms with Crippen molar-refractivity contribution in [3.63, 3.8) is 0 Å². The van der Waals surface area contributed by atoms with Crippen LogP contribution in [0.1, 0.15) is 55.0 Å². The van der Waals surface area contributed by atoms with Gasteiger partial charge in [0, 0.05) is 50.5 Å². The minimum Gasteiger partial charge on any atom is -0.378 e. The second-order valence-electron chi connectivity index (χ2n) is 11.4. The van der Waals surface area contributed by atoms with Crippen molar-refractivity contribution in [1.29, 1.82) is 0 Å². The summed E-state index contributed by atoms with van der Waals surface area (Å²) in [4.78, 5) is 32.2. The fourth-order valence-electron chi connectivity index (χ4n) is 4.56. The first kappa shape index (κ1) is 31.0. The molecule has 2 amide bonds. The Hall–Kier alpha value is -2.95. The van der Waals surface area contributed by atoms with Crippen molar-refractivity contribution in [2.75, 3.05) is 37.7 Å². The van der Waals surface area contributed by atoms with Gasteiger partial charge in [-0.1, -0.05) is 50.0 Å². The molecule has 0 spiro atoms. The van der Waals surface area contributed by atoms with Gasteiger partial charge in [0.05, 0.1) is 47.1 Å². The molecule has 2 heterocycles. The van der Waals surface area contributed by atoms with Crippen molar-refractivity contribution in [2.24, 2.45) is 12.5 Å². The number of imidazole rings is 1. The second-order valence-corrected chi connectivity index (χ2v) is 12.2. The van der Waals surface area contributed by atoms with Gasteiger partial charge in [-0.15, -0.1) is 0 Å². The van der Waals surface area contributed by atoms with Gasteiger partial charge in [0.1, 0.15) is 5.82 Å². The summed E-state index contributed by atoms with van der Waals surface area (Å²) >= 11 is 13.3. The zero-order chi connectivity index (χ0) is 30.1. The minimum atomic E-state index is -3.04. The zero-order valence-corrected chi connectivity index (χ0v) is 25.3. The summed E-state index contributed by atoms with van der Waals surface area (Å²) in [5.41, 5.74) is 3.03. The highest BCUT2D eigenvalue weighted by Crippen LogP contribution is 2.33. The summed E-state index contributed by atoms with van der Waals surface area (Å²) in [6.45, 7) is 7.84. The summed E-state index contributed by atoms with van der Waals surface area (Å²) < 4.78 is 34.4. The third-order valence-corrected chi connectivity index (χ3v) is 7.79. The fraction of sp³-hybridized carbons (Fsp3) is 0.483. The monoisotopic (exact) mass is 609 g/mol. The molecule has 3 aromatic rings. The molecular formula is C29H35Cl2F2N5O3. The van der Waals surface area contributed by atoms with Gasteiger partial charge < -0.3 is 24.8 Å². The molecule has 1 saturated heterocycles. The first-order valence-electron chi connectivity index (χ1n) is 13.4. The number of benzene rings is 2. The average molecular weight is 611 g/mol. The number of hydrogen-bond acceptors (Lipinski definition) is 5. The van der Waals surface area contributed by atoms with Crippen LogP contribution in [0.3, 0.4) is 0 Å². The van der Waals surface area contributed by atoms with Crippen LogP contribution < -0.4 is 15.5 Å². The largest absolute Gasteiger partial charge is 0.378 e. The lowest BCUT2D eigenvalue weighted by Crippen LogP contribution is -2.39. The molecule has 0 atom stereocenters. The molecule has 0 unspecified atom stereocenters. The molecular weight excluding hydrogens is 575 g/mol. The Labute approximate surface area is 248 Å². The molecule has 2 aromatic carbocycles. The Bertz CT molecular complexity index is 1460. The summed E-state index contributed by atoms with van der Waals surface area (Å²) in [7, 11) is 1.86. The van der Waals surface area contributed by atoms with Crippen molar-refractivity contribution < 1.29 is 23.1 Å². The lowest BCUT2D eigenvalue weighted by molar-refractivity contribution is -0.128. The number of morpholine rings is 1. The number of amides is 2. The van der Waals surface area contributed by atoms with Crippen molar-refractivity contribution in [3.8, 4) is 0 Å². The standard InChI is InChI=1S/C29H35Cl2F2N5O3/c1-28(2,3)27(40)34-15-17-6-7-20(30)18(25(17)31)13-24-36-21-12-19(26(39)35-16-29(4,32)33)22(14-23(21)37(24)5)38-8-10-41-11-9-38/h6-7,12,14H,8-11,13,15-16H2,1-5H3,(H,34,40)(H,35,39). The maximum Gasteiger partial charge on any atom is 0.262 e. The molecule has 1 aliphatic heterocycles. The third kappa shape index (κ3) is 7.28. The molecule has 1 aliphatic rings. The van der Waals surface area contributed by atoms with Gasteiger partial charge >= 0.3 is 0 Å². The van der Waals surface area contributed by atoms with Crippen LogP contribution >= 0.6 is 23.2 Å². The molecule has 1 aromatic heterocycles. The Morgan fingerprint density at radius 2 is 1.76 bits per heavy atom. The number of aromatic nitrogens is 2. The van der Waals surface area contributed by atoms with E-state index < -0.39 is 23.8 Å². The molecule has 8 nitrogen and oxygen atoms in total. The maximum atomic E-state index is 13.5. The SMILES string of the molecule is Cn1c(Cc2c(Cl)ccc(CNC(=O)C(C)(C)C)c2Cl)nc2cc(C(=O)NCC(C)(F)F)c(N3CCOCC3)cc21. The van der Waals surface area contributed by atoms with Crippen LogP contribution in [0.4, 0.5) is 14.5 Å². The molecule has 0 saturated carbocycles. The lowest BCUT2D eigenvalue weighted by atomic mass is 9.95. The molecule has 1 fully saturated rings. The Kier molecular flexibility index (Phi) is 9.16. The van der Waals surface area contributed by atoms with Crippen LogP contribution in [0.25, 0.3) is 11.0 Å². The van der Waals surface area contributed by atoms with E-state index in [-0.39, 0.29) is 18.0 Å². The molecule has 2 N–H and O–H groups in total. The van der Waals surface area contributed by atoms with Gasteiger partial charge in [-0.05, 0) is 29.3 Å². The van der Waals surface area contributed by atoms with Gasteiger partial charge in [0.2, 0.25) is 5.91 Å². The predicted octanol–water partition coefficient (Wildman–Crippen LogP) is 5.35. The molecule has 41 heavy (non-hydrogen) atoms. The van der Waals surface area contributed by atoms with Crippen LogP contribution in [0, 0.1) is 5.41 Å². The van der Waals surface area contributed by atoms with Crippen molar-refractivity contribution in [2.45, 2.75) is 46.6 Å². The van der Waals surface area contributed by atoms with Crippen LogP contribution in [-0.2, 0) is 29.5 Å². The smallest absolute Gasteiger partial charge is 0.262 e. The molecule has 222 valence electrons. The summed E-state index contributed by atoms with van der Waals surface area (Å²) in [5, 5.41) is 6.16. The van der Waals surface area contributed by atoms with E-state index in [0.29, 0.717) is 65.4 Å². The van der Waals surface area contributed by atoms with Crippen LogP contribution in [0.15, 0.2) is 24.3 Å². The molecule has 0 aliphatic carbocycles. The highest BCUT2D eigenvalue weighted by molar-refractivity contribution is 6.36. The average Bonchev–Trinajstić information content (AvgIpc) is 3.21. The quantitative estimate of drug-likeness (QED) is 0.359. The number of aryl methyl sites for hydroxylation is 1. The number of anilines is 1. The van der Waals surface area contributed by atoms with E-state index in [1.807, 2.05) is 43.4 Å². The summed E-state index contributed by atoms with van der Waals surface area (Å²) in [6.07, 6.45) is 0.292. The van der Waals surface area contributed by atoms with E-state index >= 15 is 0 Å². The van der Waals surface area contributed by atoms with Gasteiger partial charge in [0.15, 0.2) is 0 Å². The lowest BCUT2D eigenvalue weighted by Gasteiger charge is -2.30. The van der Waals surface area contributed by atoms with Gasteiger partial charge in [-0.25, -0.2) is 13.8 Å². The van der Waals surface area contributed by atoms with Crippen LogP contribution in [0.2, 0.25) is 10.0 Å². The number of hydrogen-bond donors (Lipinski definition) is 2. The number of fused-ring (bicyclic) bond motifs is 1. The topological polar surface area (TPSA) is 88.5 Å². The first-order valence-corrected chi connectivity index (χ1v) is 14.1. The number of ether oxygens (including phenoxy) is 1. The molecule has 4 rings (SSSR count). The number of halogens is 4. The van der Waals surface area contributed by atoms with E-state index in [1.165, 1.54) is 0 Å². The molecule has 12 heteroatoms. The zero-order valence-electron chi connectivity index (χ0n) is 23.8. The summed E-state index contributed by atoms with van der Waals surface area (Å²) in [5.74, 6) is -3.10. The highest BCUT2D eigenvalue weighted by atomic mass is 35.5. The number of alkyl halides is 2. The van der Waals surface area contributed by atoms with Crippen LogP contribution in [-0.4, -0.2) is 60.1 Å². The maximum absolute atomic E-state index is 13.5. The highest BCUT2D eigenvalue weighted by Gasteiger charge is 2.26. The van der Waals surface area contributed by atoms with Crippen molar-refractivity contribution in [1.82, 2.24) is 20.2 Å². The van der Waals surface area contributed by atoms with E-state index in [2.05, 4.69) is 10.6 Å². The Morgan fingerprint density at radius 1 is 1.07 bits per heavy atom. The molecule has 0 radical (unpaired) electrons. The first-order chi connectivity index (χ1) is 19.2. The third-order valence-electron chi connectivity index (χ3n) is 6.97. The minimum absolute atomic E-state index is 0.0982. The van der Waals surface area contributed by atoms with Gasteiger partial charge in [-0.2, -0.15) is 0 Å². The van der Waals surface area contributed by atoms with Gasteiger partial charge in [0.25, 0.3) is 11.8 Å². The Balaban J connectivity index is 1.69.